The van der Waals surface area contributed by atoms with Gasteiger partial charge >= 0.3 is 0 Å². The maximum absolute atomic E-state index is 12.1. The minimum absolute atomic E-state index is 0.0147. The second-order valence-corrected chi connectivity index (χ2v) is 6.74. The average molecular weight is 358 g/mol. The molecule has 0 spiro atoms. The third kappa shape index (κ3) is 4.94. The number of hydrogen-bond donors (Lipinski definition) is 3. The highest BCUT2D eigenvalue weighted by molar-refractivity contribution is 7.99. The molecule has 1 amide bonds. The number of pyridine rings is 1. The lowest BCUT2D eigenvalue weighted by molar-refractivity contribution is -0.119. The Morgan fingerprint density at radius 3 is 2.92 bits per heavy atom. The summed E-state index contributed by atoms with van der Waals surface area (Å²) < 4.78 is 5.40. The number of benzene rings is 1. The van der Waals surface area contributed by atoms with Crippen LogP contribution in [0.4, 0.5) is 0 Å². The minimum Gasteiger partial charge on any atom is -0.496 e. The highest BCUT2D eigenvalue weighted by Gasteiger charge is 2.27. The van der Waals surface area contributed by atoms with Crippen molar-refractivity contribution in [3.05, 3.63) is 59.9 Å². The number of ether oxygens (including phenoxy) is 1. The molecule has 0 aliphatic carbocycles. The molecule has 132 valence electrons. The quantitative estimate of drug-likeness (QED) is 0.703. The van der Waals surface area contributed by atoms with Gasteiger partial charge in [0.15, 0.2) is 0 Å². The lowest BCUT2D eigenvalue weighted by atomic mass is 10.0. The van der Waals surface area contributed by atoms with Gasteiger partial charge in [0, 0.05) is 23.9 Å². The van der Waals surface area contributed by atoms with Crippen LogP contribution >= 0.6 is 11.8 Å². The zero-order valence-corrected chi connectivity index (χ0v) is 14.9. The molecule has 1 aromatic carbocycles. The summed E-state index contributed by atoms with van der Waals surface area (Å²) in [4.78, 5) is 16.4. The zero-order chi connectivity index (χ0) is 17.5. The molecular weight excluding hydrogens is 336 g/mol. The fraction of sp³-hybridized carbons (Fsp3) is 0.333. The summed E-state index contributed by atoms with van der Waals surface area (Å²) in [6, 6.07) is 13.8. The van der Waals surface area contributed by atoms with Gasteiger partial charge in [0.05, 0.1) is 30.8 Å². The summed E-state index contributed by atoms with van der Waals surface area (Å²) in [7, 11) is 1.67. The van der Waals surface area contributed by atoms with Crippen molar-refractivity contribution in [3.63, 3.8) is 0 Å². The van der Waals surface area contributed by atoms with Gasteiger partial charge in [-0.2, -0.15) is 0 Å². The normalized spacial score (nSPS) is 19.6. The van der Waals surface area contributed by atoms with Crippen LogP contribution in [0.25, 0.3) is 0 Å². The van der Waals surface area contributed by atoms with Crippen molar-refractivity contribution in [3.8, 4) is 5.75 Å². The van der Waals surface area contributed by atoms with Crippen LogP contribution in [0.15, 0.2) is 48.7 Å². The molecule has 2 unspecified atom stereocenters. The standard InChI is InChI=1S/C18H22N4O2S/c1-24-16-8-3-2-7-14(16)15-10-17(22-21-15)20-18(23)12-25-11-13-6-4-5-9-19-13/h2-9,15,17,21-22H,10-12H2,1H3,(H,20,23). The number of amides is 1. The monoisotopic (exact) mass is 358 g/mol. The molecule has 1 aliphatic rings. The Morgan fingerprint density at radius 1 is 1.28 bits per heavy atom. The van der Waals surface area contributed by atoms with E-state index in [-0.39, 0.29) is 18.1 Å². The Morgan fingerprint density at radius 2 is 2.12 bits per heavy atom. The third-order valence-corrected chi connectivity index (χ3v) is 4.93. The van der Waals surface area contributed by atoms with E-state index in [1.807, 2.05) is 42.5 Å². The molecule has 0 saturated carbocycles. The fourth-order valence-corrected chi connectivity index (χ4v) is 3.53. The first kappa shape index (κ1) is 17.7. The molecular formula is C18H22N4O2S. The Labute approximate surface area is 151 Å². The van der Waals surface area contributed by atoms with Crippen molar-refractivity contribution >= 4 is 17.7 Å². The number of hydrazine groups is 1. The van der Waals surface area contributed by atoms with Crippen LogP contribution in [0, 0.1) is 0 Å². The average Bonchev–Trinajstić information content (AvgIpc) is 3.10. The maximum Gasteiger partial charge on any atom is 0.231 e. The van der Waals surface area contributed by atoms with Gasteiger partial charge in [-0.05, 0) is 18.2 Å². The predicted molar refractivity (Wildman–Crippen MR) is 99.0 cm³/mol. The maximum atomic E-state index is 12.1. The van der Waals surface area contributed by atoms with Gasteiger partial charge in [0.2, 0.25) is 5.91 Å². The van der Waals surface area contributed by atoms with Crippen molar-refractivity contribution in [2.75, 3.05) is 12.9 Å². The van der Waals surface area contributed by atoms with Gasteiger partial charge in [-0.3, -0.25) is 9.78 Å². The van der Waals surface area contributed by atoms with Gasteiger partial charge in [-0.25, -0.2) is 10.9 Å². The van der Waals surface area contributed by atoms with Crippen LogP contribution < -0.4 is 20.9 Å². The lowest BCUT2D eigenvalue weighted by Gasteiger charge is -2.14. The molecule has 3 rings (SSSR count). The first-order chi connectivity index (χ1) is 12.3. The zero-order valence-electron chi connectivity index (χ0n) is 14.1. The first-order valence-corrected chi connectivity index (χ1v) is 9.32. The summed E-state index contributed by atoms with van der Waals surface area (Å²) >= 11 is 1.56. The van der Waals surface area contributed by atoms with E-state index in [4.69, 9.17) is 4.74 Å². The molecule has 0 bridgehead atoms. The molecule has 2 aromatic rings. The summed E-state index contributed by atoms with van der Waals surface area (Å²) in [5.41, 5.74) is 8.43. The van der Waals surface area contributed by atoms with E-state index in [0.29, 0.717) is 5.75 Å². The highest BCUT2D eigenvalue weighted by atomic mass is 32.2. The van der Waals surface area contributed by atoms with E-state index in [1.54, 1.807) is 25.1 Å². The van der Waals surface area contributed by atoms with E-state index < -0.39 is 0 Å². The largest absolute Gasteiger partial charge is 0.496 e. The molecule has 0 radical (unpaired) electrons. The molecule has 1 saturated heterocycles. The van der Waals surface area contributed by atoms with Crippen LogP contribution in [0.5, 0.6) is 5.75 Å². The molecule has 1 fully saturated rings. The van der Waals surface area contributed by atoms with Crippen LogP contribution in [-0.2, 0) is 10.5 Å². The van der Waals surface area contributed by atoms with E-state index >= 15 is 0 Å². The van der Waals surface area contributed by atoms with Gasteiger partial charge in [-0.15, -0.1) is 11.8 Å². The van der Waals surface area contributed by atoms with E-state index in [2.05, 4.69) is 21.2 Å². The van der Waals surface area contributed by atoms with Crippen molar-refractivity contribution in [2.24, 2.45) is 0 Å². The number of rotatable bonds is 7. The molecule has 7 heteroatoms. The summed E-state index contributed by atoms with van der Waals surface area (Å²) in [6.07, 6.45) is 2.43. The molecule has 1 aromatic heterocycles. The third-order valence-electron chi connectivity index (χ3n) is 3.96. The Bertz CT molecular complexity index is 698. The number of nitrogens with zero attached hydrogens (tertiary/aromatic N) is 1. The number of methoxy groups -OCH3 is 1. The van der Waals surface area contributed by atoms with Gasteiger partial charge in [-0.1, -0.05) is 24.3 Å². The van der Waals surface area contributed by atoms with E-state index in [1.165, 1.54) is 0 Å². The number of aromatic nitrogens is 1. The van der Waals surface area contributed by atoms with Gasteiger partial charge in [0.1, 0.15) is 5.75 Å². The summed E-state index contributed by atoms with van der Waals surface area (Å²) in [6.45, 7) is 0. The van der Waals surface area contributed by atoms with Crippen molar-refractivity contribution in [2.45, 2.75) is 24.4 Å². The molecule has 2 atom stereocenters. The van der Waals surface area contributed by atoms with Crippen molar-refractivity contribution in [1.29, 1.82) is 0 Å². The first-order valence-electron chi connectivity index (χ1n) is 8.17. The Balaban J connectivity index is 1.44. The van der Waals surface area contributed by atoms with Gasteiger partial charge in [0.25, 0.3) is 0 Å². The smallest absolute Gasteiger partial charge is 0.231 e. The number of carbonyl (C=O) groups excluding carboxylic acids is 1. The van der Waals surface area contributed by atoms with Crippen LogP contribution in [-0.4, -0.2) is 29.9 Å². The van der Waals surface area contributed by atoms with Crippen LogP contribution in [0.1, 0.15) is 23.7 Å². The Kier molecular flexibility index (Phi) is 6.27. The predicted octanol–water partition coefficient (Wildman–Crippen LogP) is 2.00. The van der Waals surface area contributed by atoms with Crippen LogP contribution in [0.2, 0.25) is 0 Å². The molecule has 2 heterocycles. The molecule has 25 heavy (non-hydrogen) atoms. The van der Waals surface area contributed by atoms with Crippen molar-refractivity contribution in [1.82, 2.24) is 21.2 Å². The number of hydrogen-bond acceptors (Lipinski definition) is 6. The summed E-state index contributed by atoms with van der Waals surface area (Å²) in [5, 5.41) is 3.01. The summed E-state index contributed by atoms with van der Waals surface area (Å²) in [5.74, 6) is 2.00. The second kappa shape index (κ2) is 8.84. The molecule has 1 aliphatic heterocycles. The van der Waals surface area contributed by atoms with Crippen LogP contribution in [0.3, 0.4) is 0 Å². The SMILES string of the molecule is COc1ccccc1C1CC(NC(=O)CSCc2ccccn2)NN1. The van der Waals surface area contributed by atoms with E-state index in [0.717, 1.165) is 29.2 Å². The molecule has 6 nitrogen and oxygen atoms in total. The lowest BCUT2D eigenvalue weighted by Crippen LogP contribution is -2.44. The fourth-order valence-electron chi connectivity index (χ4n) is 2.78. The second-order valence-electron chi connectivity index (χ2n) is 5.75. The van der Waals surface area contributed by atoms with Gasteiger partial charge < -0.3 is 10.1 Å². The number of carbonyl (C=O) groups is 1. The topological polar surface area (TPSA) is 75.3 Å². The highest BCUT2D eigenvalue weighted by Crippen LogP contribution is 2.29. The number of thioether (sulfide) groups is 1. The Hall–Kier alpha value is -2.09. The van der Waals surface area contributed by atoms with Crippen molar-refractivity contribution < 1.29 is 9.53 Å². The number of nitrogens with one attached hydrogen (secondary N) is 3. The minimum atomic E-state index is -0.0992. The molecule has 3 N–H and O–H groups in total. The van der Waals surface area contributed by atoms with E-state index in [9.17, 15) is 4.79 Å². The number of para-hydroxylation sites is 1.